The Morgan fingerprint density at radius 2 is 1.77 bits per heavy atom. The SMILES string of the molecule is CCOCCCNC(=NC)NCc1ccc(C)cc1OCCOCC.I. The van der Waals surface area contributed by atoms with E-state index in [9.17, 15) is 0 Å². The maximum atomic E-state index is 5.87. The molecule has 0 atom stereocenters. The second-order valence-corrected chi connectivity index (χ2v) is 5.56. The van der Waals surface area contributed by atoms with Gasteiger partial charge < -0.3 is 24.8 Å². The number of ether oxygens (including phenoxy) is 3. The molecule has 0 aliphatic rings. The van der Waals surface area contributed by atoms with Gasteiger partial charge in [0.05, 0.1) is 6.61 Å². The summed E-state index contributed by atoms with van der Waals surface area (Å²) in [5, 5.41) is 6.61. The molecule has 7 heteroatoms. The molecular formula is C19H34IN3O3. The molecule has 26 heavy (non-hydrogen) atoms. The first-order valence-corrected chi connectivity index (χ1v) is 9.03. The Hall–Kier alpha value is -1.06. The van der Waals surface area contributed by atoms with Crippen LogP contribution in [-0.2, 0) is 16.0 Å². The number of hydrogen-bond acceptors (Lipinski definition) is 4. The maximum Gasteiger partial charge on any atom is 0.191 e. The van der Waals surface area contributed by atoms with Crippen LogP contribution >= 0.6 is 24.0 Å². The van der Waals surface area contributed by atoms with Crippen LogP contribution in [0.3, 0.4) is 0 Å². The van der Waals surface area contributed by atoms with Crippen molar-refractivity contribution in [3.05, 3.63) is 29.3 Å². The van der Waals surface area contributed by atoms with E-state index >= 15 is 0 Å². The third kappa shape index (κ3) is 10.8. The Labute approximate surface area is 175 Å². The summed E-state index contributed by atoms with van der Waals surface area (Å²) in [7, 11) is 1.77. The van der Waals surface area contributed by atoms with Gasteiger partial charge in [-0.3, -0.25) is 4.99 Å². The number of nitrogens with one attached hydrogen (secondary N) is 2. The van der Waals surface area contributed by atoms with E-state index in [0.717, 1.165) is 43.5 Å². The predicted octanol–water partition coefficient (Wildman–Crippen LogP) is 3.12. The Kier molecular flexibility index (Phi) is 15.5. The van der Waals surface area contributed by atoms with Crippen LogP contribution in [0.1, 0.15) is 31.4 Å². The van der Waals surface area contributed by atoms with E-state index in [1.165, 1.54) is 5.56 Å². The van der Waals surface area contributed by atoms with Crippen molar-refractivity contribution in [3.8, 4) is 5.75 Å². The molecule has 0 heterocycles. The number of halogens is 1. The van der Waals surface area contributed by atoms with Crippen LogP contribution in [0.25, 0.3) is 0 Å². The fraction of sp³-hybridized carbons (Fsp3) is 0.632. The summed E-state index contributed by atoms with van der Waals surface area (Å²) in [5.41, 5.74) is 2.27. The van der Waals surface area contributed by atoms with Crippen molar-refractivity contribution in [3.63, 3.8) is 0 Å². The highest BCUT2D eigenvalue weighted by Crippen LogP contribution is 2.20. The molecule has 0 fully saturated rings. The fourth-order valence-electron chi connectivity index (χ4n) is 2.22. The van der Waals surface area contributed by atoms with Crippen molar-refractivity contribution < 1.29 is 14.2 Å². The van der Waals surface area contributed by atoms with E-state index in [4.69, 9.17) is 14.2 Å². The summed E-state index contributed by atoms with van der Waals surface area (Å²) < 4.78 is 16.5. The van der Waals surface area contributed by atoms with Crippen LogP contribution in [0.4, 0.5) is 0 Å². The van der Waals surface area contributed by atoms with Gasteiger partial charge in [-0.15, -0.1) is 24.0 Å². The molecule has 150 valence electrons. The second-order valence-electron chi connectivity index (χ2n) is 5.56. The van der Waals surface area contributed by atoms with Crippen LogP contribution < -0.4 is 15.4 Å². The van der Waals surface area contributed by atoms with Gasteiger partial charge in [0.25, 0.3) is 0 Å². The lowest BCUT2D eigenvalue weighted by Crippen LogP contribution is -2.37. The van der Waals surface area contributed by atoms with E-state index in [1.807, 2.05) is 13.8 Å². The molecule has 2 N–H and O–H groups in total. The van der Waals surface area contributed by atoms with Crippen LogP contribution in [0.15, 0.2) is 23.2 Å². The molecule has 0 amide bonds. The predicted molar refractivity (Wildman–Crippen MR) is 118 cm³/mol. The lowest BCUT2D eigenvalue weighted by Gasteiger charge is -2.15. The summed E-state index contributed by atoms with van der Waals surface area (Å²) in [5.74, 6) is 1.66. The average molecular weight is 479 g/mol. The third-order valence-corrected chi connectivity index (χ3v) is 3.54. The number of nitrogens with zero attached hydrogens (tertiary/aromatic N) is 1. The summed E-state index contributed by atoms with van der Waals surface area (Å²) in [6.07, 6.45) is 0.949. The van der Waals surface area contributed by atoms with Crippen LogP contribution in [0.5, 0.6) is 5.75 Å². The van der Waals surface area contributed by atoms with E-state index in [-0.39, 0.29) is 24.0 Å². The molecule has 0 saturated carbocycles. The van der Waals surface area contributed by atoms with Crippen LogP contribution in [0, 0.1) is 6.92 Å². The second kappa shape index (κ2) is 16.1. The number of rotatable bonds is 12. The third-order valence-electron chi connectivity index (χ3n) is 3.54. The maximum absolute atomic E-state index is 5.87. The molecule has 0 bridgehead atoms. The zero-order chi connectivity index (χ0) is 18.3. The van der Waals surface area contributed by atoms with E-state index in [1.54, 1.807) is 7.05 Å². The largest absolute Gasteiger partial charge is 0.491 e. The number of benzene rings is 1. The Bertz CT molecular complexity index is 513. The number of guanidine groups is 1. The van der Waals surface area contributed by atoms with Gasteiger partial charge in [0.1, 0.15) is 12.4 Å². The van der Waals surface area contributed by atoms with Crippen molar-refractivity contribution >= 4 is 29.9 Å². The highest BCUT2D eigenvalue weighted by molar-refractivity contribution is 14.0. The minimum Gasteiger partial charge on any atom is -0.491 e. The van der Waals surface area contributed by atoms with E-state index in [2.05, 4.69) is 40.7 Å². The highest BCUT2D eigenvalue weighted by Gasteiger charge is 2.06. The normalized spacial score (nSPS) is 11.0. The van der Waals surface area contributed by atoms with Gasteiger partial charge in [-0.2, -0.15) is 0 Å². The van der Waals surface area contributed by atoms with Crippen molar-refractivity contribution in [1.29, 1.82) is 0 Å². The number of aliphatic imine (C=N–C) groups is 1. The first-order chi connectivity index (χ1) is 12.2. The van der Waals surface area contributed by atoms with Crippen LogP contribution in [0.2, 0.25) is 0 Å². The minimum absolute atomic E-state index is 0. The molecule has 0 aromatic heterocycles. The van der Waals surface area contributed by atoms with Gasteiger partial charge in [0, 0.05) is 45.5 Å². The topological polar surface area (TPSA) is 64.1 Å². The smallest absolute Gasteiger partial charge is 0.191 e. The van der Waals surface area contributed by atoms with E-state index in [0.29, 0.717) is 26.4 Å². The number of hydrogen-bond donors (Lipinski definition) is 2. The lowest BCUT2D eigenvalue weighted by atomic mass is 10.1. The van der Waals surface area contributed by atoms with Gasteiger partial charge >= 0.3 is 0 Å². The summed E-state index contributed by atoms with van der Waals surface area (Å²) in [6, 6.07) is 6.23. The van der Waals surface area contributed by atoms with Gasteiger partial charge in [-0.1, -0.05) is 12.1 Å². The van der Waals surface area contributed by atoms with Crippen LogP contribution in [-0.4, -0.2) is 52.6 Å². The summed E-state index contributed by atoms with van der Waals surface area (Å²) in [4.78, 5) is 4.25. The Morgan fingerprint density at radius 1 is 1.04 bits per heavy atom. The van der Waals surface area contributed by atoms with Gasteiger partial charge in [-0.25, -0.2) is 0 Å². The van der Waals surface area contributed by atoms with Crippen molar-refractivity contribution in [2.45, 2.75) is 33.7 Å². The first kappa shape index (κ1) is 24.9. The summed E-state index contributed by atoms with van der Waals surface area (Å²) in [6.45, 7) is 10.9. The molecule has 1 aromatic carbocycles. The molecule has 0 radical (unpaired) electrons. The lowest BCUT2D eigenvalue weighted by molar-refractivity contribution is 0.110. The van der Waals surface area contributed by atoms with E-state index < -0.39 is 0 Å². The molecule has 0 unspecified atom stereocenters. The van der Waals surface area contributed by atoms with Gasteiger partial charge in [0.2, 0.25) is 0 Å². The molecule has 1 rings (SSSR count). The first-order valence-electron chi connectivity index (χ1n) is 9.03. The fourth-order valence-corrected chi connectivity index (χ4v) is 2.22. The summed E-state index contributed by atoms with van der Waals surface area (Å²) >= 11 is 0. The minimum atomic E-state index is 0. The average Bonchev–Trinajstić information content (AvgIpc) is 2.62. The molecule has 0 saturated heterocycles. The monoisotopic (exact) mass is 479 g/mol. The standard InChI is InChI=1S/C19H33N3O3.HI/c1-5-23-11-7-10-21-19(20-4)22-15-17-9-8-16(3)14-18(17)25-13-12-24-6-2;/h8-9,14H,5-7,10-13,15H2,1-4H3,(H2,20,21,22);1H. The zero-order valence-electron chi connectivity index (χ0n) is 16.5. The molecule has 6 nitrogen and oxygen atoms in total. The van der Waals surface area contributed by atoms with Crippen molar-refractivity contribution in [1.82, 2.24) is 10.6 Å². The molecule has 0 aliphatic carbocycles. The zero-order valence-corrected chi connectivity index (χ0v) is 18.8. The number of aryl methyl sites for hydroxylation is 1. The molecular weight excluding hydrogens is 445 g/mol. The molecule has 0 aliphatic heterocycles. The molecule has 0 spiro atoms. The highest BCUT2D eigenvalue weighted by atomic mass is 127. The van der Waals surface area contributed by atoms with Gasteiger partial charge in [0.15, 0.2) is 5.96 Å². The Balaban J connectivity index is 0.00000625. The Morgan fingerprint density at radius 3 is 2.46 bits per heavy atom. The van der Waals surface area contributed by atoms with Crippen molar-refractivity contribution in [2.75, 3.05) is 46.6 Å². The van der Waals surface area contributed by atoms with Crippen molar-refractivity contribution in [2.24, 2.45) is 4.99 Å². The molecule has 1 aromatic rings. The quantitative estimate of drug-likeness (QED) is 0.209. The van der Waals surface area contributed by atoms with Gasteiger partial charge in [-0.05, 0) is 38.8 Å².